The molecule has 3 saturated heterocycles. The van der Waals surface area contributed by atoms with Crippen molar-refractivity contribution in [1.29, 1.82) is 0 Å². The molecule has 120 valence electrons. The fourth-order valence-electron chi connectivity index (χ4n) is 3.95. The first-order valence-electron chi connectivity index (χ1n) is 8.34. The molecule has 0 saturated carbocycles. The zero-order valence-corrected chi connectivity index (χ0v) is 12.9. The zero-order chi connectivity index (χ0) is 14.8. The van der Waals surface area contributed by atoms with E-state index in [-0.39, 0.29) is 5.60 Å². The zero-order valence-electron chi connectivity index (χ0n) is 12.9. The van der Waals surface area contributed by atoms with Crippen LogP contribution in [0.5, 0.6) is 5.75 Å². The number of hydrogen-bond donors (Lipinski definition) is 0. The minimum absolute atomic E-state index is 0.0283. The Morgan fingerprint density at radius 2 is 2.09 bits per heavy atom. The fourth-order valence-corrected chi connectivity index (χ4v) is 3.95. The molecule has 0 unspecified atom stereocenters. The molecular weight excluding hydrogens is 280 g/mol. The Bertz CT molecular complexity index is 484. The van der Waals surface area contributed by atoms with Crippen LogP contribution in [0, 0.1) is 5.92 Å². The lowest BCUT2D eigenvalue weighted by Crippen LogP contribution is -2.68. The summed E-state index contributed by atoms with van der Waals surface area (Å²) < 4.78 is 17.5. The fraction of sp³-hybridized carbons (Fsp3) is 0.706. The first-order valence-corrected chi connectivity index (χ1v) is 8.34. The number of likely N-dealkylation sites (tertiary alicyclic amines) is 1. The van der Waals surface area contributed by atoms with Crippen molar-refractivity contribution in [3.05, 3.63) is 24.5 Å². The number of aromatic nitrogens is 1. The Balaban J connectivity index is 1.32. The molecule has 5 nitrogen and oxygen atoms in total. The predicted molar refractivity (Wildman–Crippen MR) is 81.9 cm³/mol. The van der Waals surface area contributed by atoms with E-state index in [2.05, 4.69) is 9.88 Å². The van der Waals surface area contributed by atoms with E-state index in [0.29, 0.717) is 12.0 Å². The van der Waals surface area contributed by atoms with Gasteiger partial charge in [0.2, 0.25) is 0 Å². The van der Waals surface area contributed by atoms with Crippen LogP contribution >= 0.6 is 0 Å². The van der Waals surface area contributed by atoms with Crippen molar-refractivity contribution in [1.82, 2.24) is 9.88 Å². The molecule has 22 heavy (non-hydrogen) atoms. The molecule has 3 aliphatic heterocycles. The molecular formula is C17H24N2O3. The SMILES string of the molecule is c1cncc(OC[C@@H]2CCOC23CN(C2CCOCC2)C3)c1. The molecule has 0 aliphatic carbocycles. The Kier molecular flexibility index (Phi) is 4.03. The van der Waals surface area contributed by atoms with Crippen molar-refractivity contribution >= 4 is 0 Å². The Morgan fingerprint density at radius 1 is 1.23 bits per heavy atom. The Labute approximate surface area is 131 Å². The van der Waals surface area contributed by atoms with Gasteiger partial charge in [0.25, 0.3) is 0 Å². The summed E-state index contributed by atoms with van der Waals surface area (Å²) in [5, 5.41) is 0. The van der Waals surface area contributed by atoms with Crippen molar-refractivity contribution < 1.29 is 14.2 Å². The van der Waals surface area contributed by atoms with Gasteiger partial charge in [-0.05, 0) is 31.4 Å². The number of nitrogens with zero attached hydrogens (tertiary/aromatic N) is 2. The maximum atomic E-state index is 6.13. The summed E-state index contributed by atoms with van der Waals surface area (Å²) in [4.78, 5) is 6.67. The first kappa shape index (κ1) is 14.4. The monoisotopic (exact) mass is 304 g/mol. The second-order valence-corrected chi connectivity index (χ2v) is 6.65. The number of rotatable bonds is 4. The van der Waals surface area contributed by atoms with Crippen molar-refractivity contribution in [2.45, 2.75) is 30.9 Å². The highest BCUT2D eigenvalue weighted by molar-refractivity contribution is 5.16. The van der Waals surface area contributed by atoms with E-state index in [0.717, 1.165) is 64.5 Å². The van der Waals surface area contributed by atoms with Gasteiger partial charge in [-0.15, -0.1) is 0 Å². The van der Waals surface area contributed by atoms with E-state index in [9.17, 15) is 0 Å². The molecule has 0 N–H and O–H groups in total. The van der Waals surface area contributed by atoms with Crippen LogP contribution in [0.25, 0.3) is 0 Å². The van der Waals surface area contributed by atoms with Crippen LogP contribution in [0.1, 0.15) is 19.3 Å². The number of ether oxygens (including phenoxy) is 3. The molecule has 1 atom stereocenters. The summed E-state index contributed by atoms with van der Waals surface area (Å²) in [6, 6.07) is 4.56. The van der Waals surface area contributed by atoms with E-state index >= 15 is 0 Å². The Morgan fingerprint density at radius 3 is 2.86 bits per heavy atom. The molecule has 1 spiro atoms. The molecule has 4 rings (SSSR count). The quantitative estimate of drug-likeness (QED) is 0.847. The van der Waals surface area contributed by atoms with Crippen LogP contribution in [0.4, 0.5) is 0 Å². The largest absolute Gasteiger partial charge is 0.492 e. The molecule has 0 radical (unpaired) electrons. The molecule has 0 aromatic carbocycles. The van der Waals surface area contributed by atoms with E-state index < -0.39 is 0 Å². The van der Waals surface area contributed by atoms with Gasteiger partial charge in [-0.25, -0.2) is 0 Å². The highest BCUT2D eigenvalue weighted by Crippen LogP contribution is 2.42. The minimum atomic E-state index is 0.0283. The average molecular weight is 304 g/mol. The van der Waals surface area contributed by atoms with E-state index in [1.165, 1.54) is 0 Å². The van der Waals surface area contributed by atoms with Crippen LogP contribution in [0.2, 0.25) is 0 Å². The van der Waals surface area contributed by atoms with Crippen molar-refractivity contribution in [2.24, 2.45) is 5.92 Å². The van der Waals surface area contributed by atoms with Crippen LogP contribution in [-0.4, -0.2) is 61.0 Å². The van der Waals surface area contributed by atoms with Gasteiger partial charge < -0.3 is 14.2 Å². The lowest BCUT2D eigenvalue weighted by Gasteiger charge is -2.53. The number of hydrogen-bond acceptors (Lipinski definition) is 5. The standard InChI is InChI=1S/C17H24N2O3/c1-2-16(10-18-6-1)21-11-14-3-9-22-17(14)12-19(13-17)15-4-7-20-8-5-15/h1-2,6,10,14-15H,3-5,7-9,11-13H2/t14-/m0/s1. The van der Waals surface area contributed by atoms with Gasteiger partial charge >= 0.3 is 0 Å². The van der Waals surface area contributed by atoms with Gasteiger partial charge in [-0.1, -0.05) is 0 Å². The molecule has 5 heteroatoms. The summed E-state index contributed by atoms with van der Waals surface area (Å²) in [7, 11) is 0. The molecule has 4 heterocycles. The summed E-state index contributed by atoms with van der Waals surface area (Å²) in [6.45, 7) is 5.51. The molecule has 1 aromatic rings. The summed E-state index contributed by atoms with van der Waals surface area (Å²) in [5.74, 6) is 1.34. The van der Waals surface area contributed by atoms with Gasteiger partial charge in [0.15, 0.2) is 0 Å². The van der Waals surface area contributed by atoms with E-state index in [1.807, 2.05) is 12.1 Å². The van der Waals surface area contributed by atoms with Crippen molar-refractivity contribution in [2.75, 3.05) is 39.5 Å². The van der Waals surface area contributed by atoms with Gasteiger partial charge in [-0.2, -0.15) is 0 Å². The lowest BCUT2D eigenvalue weighted by molar-refractivity contribution is -0.159. The molecule has 3 aliphatic rings. The first-order chi connectivity index (χ1) is 10.9. The van der Waals surface area contributed by atoms with Crippen LogP contribution in [0.15, 0.2) is 24.5 Å². The molecule has 1 aromatic heterocycles. The maximum absolute atomic E-state index is 6.13. The molecule has 0 bridgehead atoms. The average Bonchev–Trinajstić information content (AvgIpc) is 2.97. The van der Waals surface area contributed by atoms with Gasteiger partial charge in [0.05, 0.1) is 18.4 Å². The lowest BCUT2D eigenvalue weighted by atomic mass is 9.79. The highest BCUT2D eigenvalue weighted by Gasteiger charge is 2.54. The Hall–Kier alpha value is -1.17. The second-order valence-electron chi connectivity index (χ2n) is 6.65. The van der Waals surface area contributed by atoms with Gasteiger partial charge in [-0.3, -0.25) is 9.88 Å². The van der Waals surface area contributed by atoms with Crippen molar-refractivity contribution in [3.8, 4) is 5.75 Å². The second kappa shape index (κ2) is 6.14. The summed E-state index contributed by atoms with van der Waals surface area (Å²) in [5.41, 5.74) is 0.0283. The molecule has 0 amide bonds. The van der Waals surface area contributed by atoms with E-state index in [4.69, 9.17) is 14.2 Å². The van der Waals surface area contributed by atoms with Crippen molar-refractivity contribution in [3.63, 3.8) is 0 Å². The smallest absolute Gasteiger partial charge is 0.137 e. The van der Waals surface area contributed by atoms with E-state index in [1.54, 1.807) is 12.4 Å². The summed E-state index contributed by atoms with van der Waals surface area (Å²) in [6.07, 6.45) is 6.96. The maximum Gasteiger partial charge on any atom is 0.137 e. The third-order valence-corrected chi connectivity index (χ3v) is 5.33. The van der Waals surface area contributed by atoms with Gasteiger partial charge in [0.1, 0.15) is 5.75 Å². The highest BCUT2D eigenvalue weighted by atomic mass is 16.5. The van der Waals surface area contributed by atoms with Crippen LogP contribution < -0.4 is 4.74 Å². The normalized spacial score (nSPS) is 28.6. The third kappa shape index (κ3) is 2.73. The predicted octanol–water partition coefficient (Wildman–Crippen LogP) is 1.73. The minimum Gasteiger partial charge on any atom is -0.492 e. The third-order valence-electron chi connectivity index (χ3n) is 5.33. The van der Waals surface area contributed by atoms with Gasteiger partial charge in [0, 0.05) is 51.1 Å². The van der Waals surface area contributed by atoms with Crippen LogP contribution in [0.3, 0.4) is 0 Å². The number of pyridine rings is 1. The molecule has 3 fully saturated rings. The van der Waals surface area contributed by atoms with Crippen LogP contribution in [-0.2, 0) is 9.47 Å². The summed E-state index contributed by atoms with van der Waals surface area (Å²) >= 11 is 0. The topological polar surface area (TPSA) is 43.8 Å².